The number of nitrogens with one attached hydrogen (secondary N) is 2. The summed E-state index contributed by atoms with van der Waals surface area (Å²) in [5.74, 6) is 5.16. The van der Waals surface area contributed by atoms with Crippen LogP contribution in [0.2, 0.25) is 0 Å². The molecule has 1 fully saturated rings. The molecule has 2 rings (SSSR count). The predicted octanol–water partition coefficient (Wildman–Crippen LogP) is 2.07. The Morgan fingerprint density at radius 3 is 2.58 bits per heavy atom. The van der Waals surface area contributed by atoms with Crippen molar-refractivity contribution in [2.45, 2.75) is 45.6 Å². The van der Waals surface area contributed by atoms with Crippen molar-refractivity contribution < 1.29 is 4.79 Å². The lowest BCUT2D eigenvalue weighted by molar-refractivity contribution is 0.0904. The van der Waals surface area contributed by atoms with E-state index in [1.807, 2.05) is 0 Å². The van der Waals surface area contributed by atoms with Gasteiger partial charge in [0.05, 0.1) is 11.9 Å². The van der Waals surface area contributed by atoms with Crippen LogP contribution in [0.15, 0.2) is 18.3 Å². The van der Waals surface area contributed by atoms with Crippen molar-refractivity contribution in [1.29, 1.82) is 0 Å². The lowest BCUT2D eigenvalue weighted by Crippen LogP contribution is -2.39. The van der Waals surface area contributed by atoms with Crippen LogP contribution in [0.1, 0.15) is 50.0 Å². The molecular formula is C14H22N4O. The molecule has 1 aliphatic rings. The standard InChI is InChI=1S/C14H22N4O/c1-14(2)7-5-10(6-8-14)17-13(19)12-4-3-11(18-15)9-16-12/h3-4,9-10,18H,5-8,15H2,1-2H3,(H,17,19). The maximum Gasteiger partial charge on any atom is 0.270 e. The average Bonchev–Trinajstić information content (AvgIpc) is 2.41. The molecule has 1 aliphatic carbocycles. The highest BCUT2D eigenvalue weighted by molar-refractivity contribution is 5.92. The van der Waals surface area contributed by atoms with Gasteiger partial charge in [-0.1, -0.05) is 13.8 Å². The molecule has 0 aromatic carbocycles. The first-order chi connectivity index (χ1) is 9.00. The summed E-state index contributed by atoms with van der Waals surface area (Å²) in [6, 6.07) is 3.69. The lowest BCUT2D eigenvalue weighted by atomic mass is 9.75. The van der Waals surface area contributed by atoms with Crippen molar-refractivity contribution >= 4 is 11.6 Å². The topological polar surface area (TPSA) is 80.0 Å². The van der Waals surface area contributed by atoms with E-state index in [9.17, 15) is 4.79 Å². The van der Waals surface area contributed by atoms with Gasteiger partial charge in [0, 0.05) is 6.04 Å². The third-order valence-corrected chi connectivity index (χ3v) is 3.84. The molecule has 0 atom stereocenters. The Balaban J connectivity index is 1.90. The maximum absolute atomic E-state index is 12.0. The van der Waals surface area contributed by atoms with Gasteiger partial charge in [-0.25, -0.2) is 4.98 Å². The van der Waals surface area contributed by atoms with E-state index in [4.69, 9.17) is 5.84 Å². The first-order valence-corrected chi connectivity index (χ1v) is 6.74. The van der Waals surface area contributed by atoms with Gasteiger partial charge in [-0.05, 0) is 43.2 Å². The number of hydrogen-bond acceptors (Lipinski definition) is 4. The Hall–Kier alpha value is -1.62. The largest absolute Gasteiger partial charge is 0.348 e. The zero-order chi connectivity index (χ0) is 13.9. The van der Waals surface area contributed by atoms with E-state index < -0.39 is 0 Å². The third kappa shape index (κ3) is 3.67. The van der Waals surface area contributed by atoms with Gasteiger partial charge >= 0.3 is 0 Å². The minimum atomic E-state index is -0.103. The monoisotopic (exact) mass is 262 g/mol. The second kappa shape index (κ2) is 5.57. The number of nitrogens with two attached hydrogens (primary N) is 1. The number of nitrogen functional groups attached to an aromatic ring is 1. The molecule has 5 heteroatoms. The lowest BCUT2D eigenvalue weighted by Gasteiger charge is -2.34. The normalized spacial score (nSPS) is 18.9. The quantitative estimate of drug-likeness (QED) is 0.575. The molecule has 0 spiro atoms. The van der Waals surface area contributed by atoms with Gasteiger partial charge in [-0.3, -0.25) is 10.6 Å². The molecular weight excluding hydrogens is 240 g/mol. The highest BCUT2D eigenvalue weighted by atomic mass is 16.1. The molecule has 1 heterocycles. The molecule has 1 amide bonds. The van der Waals surface area contributed by atoms with Gasteiger partial charge in [0.2, 0.25) is 0 Å². The fraction of sp³-hybridized carbons (Fsp3) is 0.571. The van der Waals surface area contributed by atoms with E-state index in [0.717, 1.165) is 25.7 Å². The second-order valence-electron chi connectivity index (χ2n) is 5.99. The number of carbonyl (C=O) groups excluding carboxylic acids is 1. The van der Waals surface area contributed by atoms with Gasteiger partial charge in [0.25, 0.3) is 5.91 Å². The van der Waals surface area contributed by atoms with Gasteiger partial charge in [-0.15, -0.1) is 0 Å². The van der Waals surface area contributed by atoms with Crippen LogP contribution in [0.3, 0.4) is 0 Å². The fourth-order valence-electron chi connectivity index (χ4n) is 2.42. The van der Waals surface area contributed by atoms with Crippen LogP contribution in [0.25, 0.3) is 0 Å². The Labute approximate surface area is 114 Å². The number of hydrogen-bond donors (Lipinski definition) is 3. The van der Waals surface area contributed by atoms with Crippen molar-refractivity contribution in [1.82, 2.24) is 10.3 Å². The molecule has 0 aliphatic heterocycles. The Morgan fingerprint density at radius 1 is 1.37 bits per heavy atom. The highest BCUT2D eigenvalue weighted by Crippen LogP contribution is 2.35. The molecule has 19 heavy (non-hydrogen) atoms. The molecule has 5 nitrogen and oxygen atoms in total. The van der Waals surface area contributed by atoms with E-state index in [2.05, 4.69) is 29.6 Å². The van der Waals surface area contributed by atoms with E-state index in [0.29, 0.717) is 16.8 Å². The van der Waals surface area contributed by atoms with Crippen molar-refractivity contribution in [2.75, 3.05) is 5.43 Å². The number of nitrogens with zero attached hydrogens (tertiary/aromatic N) is 1. The summed E-state index contributed by atoms with van der Waals surface area (Å²) in [6.45, 7) is 4.57. The molecule has 0 unspecified atom stereocenters. The van der Waals surface area contributed by atoms with Gasteiger partial charge in [0.1, 0.15) is 5.69 Å². The minimum Gasteiger partial charge on any atom is -0.348 e. The Bertz CT molecular complexity index is 431. The van der Waals surface area contributed by atoms with Crippen molar-refractivity contribution in [2.24, 2.45) is 11.3 Å². The van der Waals surface area contributed by atoms with E-state index in [-0.39, 0.29) is 11.9 Å². The number of aromatic nitrogens is 1. The second-order valence-corrected chi connectivity index (χ2v) is 5.99. The number of hydrazine groups is 1. The van der Waals surface area contributed by atoms with E-state index in [1.54, 1.807) is 18.3 Å². The molecule has 1 aromatic heterocycles. The van der Waals surface area contributed by atoms with Crippen molar-refractivity contribution in [3.05, 3.63) is 24.0 Å². The molecule has 1 aromatic rings. The van der Waals surface area contributed by atoms with E-state index >= 15 is 0 Å². The first kappa shape index (κ1) is 13.8. The molecule has 1 saturated carbocycles. The van der Waals surface area contributed by atoms with Gasteiger partial charge in [-0.2, -0.15) is 0 Å². The smallest absolute Gasteiger partial charge is 0.270 e. The molecule has 4 N–H and O–H groups in total. The molecule has 0 bridgehead atoms. The number of pyridine rings is 1. The van der Waals surface area contributed by atoms with Crippen LogP contribution in [0, 0.1) is 5.41 Å². The number of rotatable bonds is 3. The zero-order valence-electron chi connectivity index (χ0n) is 11.6. The number of amides is 1. The summed E-state index contributed by atoms with van der Waals surface area (Å²) in [5, 5.41) is 3.06. The van der Waals surface area contributed by atoms with Crippen molar-refractivity contribution in [3.8, 4) is 0 Å². The van der Waals surface area contributed by atoms with Crippen LogP contribution in [0.4, 0.5) is 5.69 Å². The summed E-state index contributed by atoms with van der Waals surface area (Å²) < 4.78 is 0. The average molecular weight is 262 g/mol. The maximum atomic E-state index is 12.0. The van der Waals surface area contributed by atoms with Crippen LogP contribution in [-0.4, -0.2) is 16.9 Å². The summed E-state index contributed by atoms with van der Waals surface area (Å²) >= 11 is 0. The van der Waals surface area contributed by atoms with Crippen LogP contribution < -0.4 is 16.6 Å². The van der Waals surface area contributed by atoms with Crippen molar-refractivity contribution in [3.63, 3.8) is 0 Å². The van der Waals surface area contributed by atoms with E-state index in [1.165, 1.54) is 0 Å². The SMILES string of the molecule is CC1(C)CCC(NC(=O)c2ccc(NN)cn2)CC1. The molecule has 0 radical (unpaired) electrons. The van der Waals surface area contributed by atoms with Crippen LogP contribution in [0.5, 0.6) is 0 Å². The van der Waals surface area contributed by atoms with Crippen LogP contribution in [-0.2, 0) is 0 Å². The summed E-state index contributed by atoms with van der Waals surface area (Å²) in [5.41, 5.74) is 4.02. The number of carbonyl (C=O) groups is 1. The fourth-order valence-corrected chi connectivity index (χ4v) is 2.42. The molecule has 104 valence electrons. The van der Waals surface area contributed by atoms with Gasteiger partial charge < -0.3 is 10.7 Å². The summed E-state index contributed by atoms with van der Waals surface area (Å²) in [7, 11) is 0. The summed E-state index contributed by atoms with van der Waals surface area (Å²) in [6.07, 6.45) is 5.95. The highest BCUT2D eigenvalue weighted by Gasteiger charge is 2.27. The Morgan fingerprint density at radius 2 is 2.05 bits per heavy atom. The zero-order valence-corrected chi connectivity index (χ0v) is 11.6. The predicted molar refractivity (Wildman–Crippen MR) is 75.6 cm³/mol. The molecule has 0 saturated heterocycles. The van der Waals surface area contributed by atoms with Gasteiger partial charge in [0.15, 0.2) is 0 Å². The van der Waals surface area contributed by atoms with Crippen LogP contribution >= 0.6 is 0 Å². The summed E-state index contributed by atoms with van der Waals surface area (Å²) in [4.78, 5) is 16.1. The third-order valence-electron chi connectivity index (χ3n) is 3.84. The number of anilines is 1. The Kier molecular flexibility index (Phi) is 4.04. The first-order valence-electron chi connectivity index (χ1n) is 6.74. The minimum absolute atomic E-state index is 0.103.